The van der Waals surface area contributed by atoms with Crippen LogP contribution < -0.4 is 0 Å². The lowest BCUT2D eigenvalue weighted by Gasteiger charge is -2.60. The summed E-state index contributed by atoms with van der Waals surface area (Å²) in [6.07, 6.45) is 12.4. The molecule has 4 aliphatic rings. The molecule has 4 nitrogen and oxygen atoms in total. The summed E-state index contributed by atoms with van der Waals surface area (Å²) in [4.78, 5) is 23.8. The first kappa shape index (κ1) is 21.6. The number of hydrogen-bond acceptors (Lipinski definition) is 2. The van der Waals surface area contributed by atoms with Crippen LogP contribution in [0.3, 0.4) is 0 Å². The summed E-state index contributed by atoms with van der Waals surface area (Å²) in [5.74, 6) is 2.64. The zero-order valence-electron chi connectivity index (χ0n) is 18.9. The lowest BCUT2D eigenvalue weighted by atomic mass is 9.46. The Bertz CT molecular complexity index is 728. The second-order valence-corrected chi connectivity index (χ2v) is 13.1. The normalized spacial score (nSPS) is 45.4. The Morgan fingerprint density at radius 1 is 1.07 bits per heavy atom. The molecule has 1 N–H and O–H groups in total. The summed E-state index contributed by atoms with van der Waals surface area (Å²) < 4.78 is 11.7. The fraction of sp³-hybridized carbons (Fsp3) is 0.875. The maximum Gasteiger partial charge on any atom is 0.213 e. The second kappa shape index (κ2) is 7.23. The first-order chi connectivity index (χ1) is 13.5. The van der Waals surface area contributed by atoms with E-state index in [2.05, 4.69) is 45.6 Å². The molecule has 0 heterocycles. The third-order valence-corrected chi connectivity index (χ3v) is 10.7. The number of fused-ring (bicyclic) bond motifs is 5. The molecule has 1 amide bonds. The van der Waals surface area contributed by atoms with Gasteiger partial charge in [-0.05, 0) is 107 Å². The fourth-order valence-electron chi connectivity index (χ4n) is 8.17. The summed E-state index contributed by atoms with van der Waals surface area (Å²) in [5, 5.41) is 0.823. The van der Waals surface area contributed by atoms with Crippen molar-refractivity contribution in [3.8, 4) is 0 Å². The largest absolute Gasteiger partial charge is 0.343 e. The minimum absolute atomic E-state index is 0.128. The topological polar surface area (TPSA) is 57.6 Å². The Morgan fingerprint density at radius 2 is 1.76 bits per heavy atom. The van der Waals surface area contributed by atoms with Crippen molar-refractivity contribution in [1.29, 1.82) is 0 Å². The first-order valence-corrected chi connectivity index (χ1v) is 13.1. The van der Waals surface area contributed by atoms with Crippen molar-refractivity contribution in [2.75, 3.05) is 0 Å². The van der Waals surface area contributed by atoms with Gasteiger partial charge in [-0.15, -0.1) is 0 Å². The average molecular weight is 422 g/mol. The van der Waals surface area contributed by atoms with E-state index in [1.807, 2.05) is 0 Å². The van der Waals surface area contributed by atoms with Crippen LogP contribution in [0.5, 0.6) is 0 Å². The van der Waals surface area contributed by atoms with E-state index in [9.17, 15) is 14.3 Å². The maximum absolute atomic E-state index is 12.0. The van der Waals surface area contributed by atoms with Crippen LogP contribution >= 0.6 is 8.03 Å². The number of hydrogen-bond donors (Lipinski definition) is 1. The van der Waals surface area contributed by atoms with Gasteiger partial charge in [0.1, 0.15) is 0 Å². The molecule has 0 aromatic rings. The molecule has 29 heavy (non-hydrogen) atoms. The molecule has 4 rings (SSSR count). The molecule has 3 saturated carbocycles. The van der Waals surface area contributed by atoms with Gasteiger partial charge in [-0.25, -0.2) is 0 Å². The monoisotopic (exact) mass is 421 g/mol. The summed E-state index contributed by atoms with van der Waals surface area (Å²) in [6, 6.07) is 0.356. The highest BCUT2D eigenvalue weighted by atomic mass is 31.1. The maximum atomic E-state index is 12.0. The average Bonchev–Trinajstić information content (AvgIpc) is 2.97. The predicted molar refractivity (Wildman–Crippen MR) is 118 cm³/mol. The van der Waals surface area contributed by atoms with E-state index in [1.165, 1.54) is 25.7 Å². The number of amides is 1. The number of carbonyl (C=O) groups excluding carboxylic acids is 1. The van der Waals surface area contributed by atoms with E-state index in [0.717, 1.165) is 49.2 Å². The Morgan fingerprint density at radius 3 is 2.38 bits per heavy atom. The van der Waals surface area contributed by atoms with Crippen molar-refractivity contribution in [2.24, 2.45) is 34.5 Å². The standard InChI is InChI=1S/C24H40NO3P/c1-22(2,3)25(15-26)21-9-8-19-18-7-6-16-14-17(29(27)28)10-12-23(16,4)20(18)11-13-24(19,21)5/h14-16,18-21,29H,6-13H2,1-5H3,(H,27,28)/t16-,18-,19-,20-,21-,23-,24-/m0/s1. The Balaban J connectivity index is 1.61. The van der Waals surface area contributed by atoms with Gasteiger partial charge in [0, 0.05) is 16.9 Å². The molecule has 164 valence electrons. The molecule has 0 bridgehead atoms. The minimum atomic E-state index is -2.52. The number of nitrogens with zero attached hydrogens (tertiary/aromatic N) is 1. The highest BCUT2D eigenvalue weighted by Crippen LogP contribution is 2.67. The van der Waals surface area contributed by atoms with E-state index < -0.39 is 8.03 Å². The number of allylic oxidation sites excluding steroid dienone is 2. The number of carbonyl (C=O) groups is 1. The minimum Gasteiger partial charge on any atom is -0.343 e. The molecular weight excluding hydrogens is 381 g/mol. The van der Waals surface area contributed by atoms with Gasteiger partial charge in [-0.1, -0.05) is 19.9 Å². The van der Waals surface area contributed by atoms with Gasteiger partial charge in [-0.2, -0.15) is 0 Å². The summed E-state index contributed by atoms with van der Waals surface area (Å²) in [5.41, 5.74) is 0.374. The van der Waals surface area contributed by atoms with Crippen LogP contribution in [0.15, 0.2) is 11.4 Å². The fourth-order valence-corrected chi connectivity index (χ4v) is 8.85. The molecule has 1 unspecified atom stereocenters. The molecule has 0 radical (unpaired) electrons. The Kier molecular flexibility index (Phi) is 5.39. The zero-order chi connectivity index (χ0) is 21.2. The molecule has 0 aromatic carbocycles. The van der Waals surface area contributed by atoms with Crippen LogP contribution in [0, 0.1) is 34.5 Å². The van der Waals surface area contributed by atoms with Crippen molar-refractivity contribution < 1.29 is 14.3 Å². The molecule has 0 aromatic heterocycles. The predicted octanol–water partition coefficient (Wildman–Crippen LogP) is 5.62. The van der Waals surface area contributed by atoms with Gasteiger partial charge in [0.15, 0.2) is 0 Å². The van der Waals surface area contributed by atoms with Crippen molar-refractivity contribution >= 4 is 14.4 Å². The Labute approximate surface area is 177 Å². The molecule has 8 atom stereocenters. The third kappa shape index (κ3) is 3.28. The van der Waals surface area contributed by atoms with Gasteiger partial charge in [0.25, 0.3) is 0 Å². The Hall–Kier alpha value is -0.600. The van der Waals surface area contributed by atoms with E-state index in [-0.39, 0.29) is 16.4 Å². The molecule has 0 spiro atoms. The van der Waals surface area contributed by atoms with Gasteiger partial charge >= 0.3 is 0 Å². The van der Waals surface area contributed by atoms with Gasteiger partial charge in [-0.3, -0.25) is 9.36 Å². The molecule has 4 aliphatic carbocycles. The summed E-state index contributed by atoms with van der Waals surface area (Å²) in [6.45, 7) is 11.4. The number of rotatable bonds is 3. The molecule has 0 aliphatic heterocycles. The van der Waals surface area contributed by atoms with Crippen molar-refractivity contribution in [3.05, 3.63) is 11.4 Å². The molecule has 5 heteroatoms. The lowest BCUT2D eigenvalue weighted by Crippen LogP contribution is -2.57. The highest BCUT2D eigenvalue weighted by molar-refractivity contribution is 7.43. The van der Waals surface area contributed by atoms with Gasteiger partial charge in [0.2, 0.25) is 14.4 Å². The SMILES string of the molecule is CC(C)(C)N(C=O)[C@H]1CC[C@H]2[C@@H]3CC[C@H]4C=C([PH](=O)O)CC[C@]4(C)[C@H]3CC[C@]12C. The summed E-state index contributed by atoms with van der Waals surface area (Å²) >= 11 is 0. The van der Waals surface area contributed by atoms with E-state index in [0.29, 0.717) is 17.9 Å². The lowest BCUT2D eigenvalue weighted by molar-refractivity contribution is -0.135. The van der Waals surface area contributed by atoms with Crippen LogP contribution in [-0.2, 0) is 9.36 Å². The van der Waals surface area contributed by atoms with Gasteiger partial charge < -0.3 is 9.79 Å². The van der Waals surface area contributed by atoms with E-state index in [1.54, 1.807) is 0 Å². The highest BCUT2D eigenvalue weighted by Gasteiger charge is 2.61. The first-order valence-electron chi connectivity index (χ1n) is 11.7. The second-order valence-electron chi connectivity index (χ2n) is 11.9. The third-order valence-electron chi connectivity index (χ3n) is 9.73. The van der Waals surface area contributed by atoms with E-state index in [4.69, 9.17) is 0 Å². The van der Waals surface area contributed by atoms with Crippen LogP contribution in [0.2, 0.25) is 0 Å². The van der Waals surface area contributed by atoms with Crippen molar-refractivity contribution in [1.82, 2.24) is 4.90 Å². The molecule has 0 saturated heterocycles. The van der Waals surface area contributed by atoms with Crippen molar-refractivity contribution in [2.45, 2.75) is 97.6 Å². The van der Waals surface area contributed by atoms with Crippen LogP contribution in [-0.4, -0.2) is 27.8 Å². The van der Waals surface area contributed by atoms with Crippen LogP contribution in [0.4, 0.5) is 0 Å². The van der Waals surface area contributed by atoms with Gasteiger partial charge in [0.05, 0.1) is 0 Å². The van der Waals surface area contributed by atoms with E-state index >= 15 is 0 Å². The summed E-state index contributed by atoms with van der Waals surface area (Å²) in [7, 11) is -2.52. The van der Waals surface area contributed by atoms with Crippen molar-refractivity contribution in [3.63, 3.8) is 0 Å². The smallest absolute Gasteiger partial charge is 0.213 e. The zero-order valence-corrected chi connectivity index (χ0v) is 19.9. The van der Waals surface area contributed by atoms with Crippen LogP contribution in [0.25, 0.3) is 0 Å². The van der Waals surface area contributed by atoms with Crippen LogP contribution in [0.1, 0.15) is 86.0 Å². The quantitative estimate of drug-likeness (QED) is 0.476. The molecule has 3 fully saturated rings. The molecular formula is C24H40NO3P.